The summed E-state index contributed by atoms with van der Waals surface area (Å²) in [5.74, 6) is 5.40. The summed E-state index contributed by atoms with van der Waals surface area (Å²) < 4.78 is 0. The van der Waals surface area contributed by atoms with Gasteiger partial charge in [-0.2, -0.15) is 0 Å². The Bertz CT molecular complexity index is 296. The first kappa shape index (κ1) is 10.3. The molecule has 1 aromatic carbocycles. The van der Waals surface area contributed by atoms with E-state index in [4.69, 9.17) is 27.5 Å². The minimum atomic E-state index is -1.53. The SMILES string of the molecule is NNc1ccc(CCl)c(B(O)O)c1. The highest BCUT2D eigenvalue weighted by Crippen LogP contribution is 2.08. The van der Waals surface area contributed by atoms with Crippen LogP contribution in [0.1, 0.15) is 5.56 Å². The van der Waals surface area contributed by atoms with Crippen LogP contribution in [0.2, 0.25) is 0 Å². The highest BCUT2D eigenvalue weighted by molar-refractivity contribution is 6.59. The van der Waals surface area contributed by atoms with E-state index in [2.05, 4.69) is 5.43 Å². The van der Waals surface area contributed by atoms with Crippen molar-refractivity contribution in [2.24, 2.45) is 5.84 Å². The Morgan fingerprint density at radius 2 is 2.15 bits per heavy atom. The highest BCUT2D eigenvalue weighted by atomic mass is 35.5. The standard InChI is InChI=1S/C7H10BClN2O2/c9-4-5-1-2-6(11-10)3-7(5)8(12)13/h1-3,11-13H,4,10H2. The zero-order valence-corrected chi connectivity index (χ0v) is 7.62. The van der Waals surface area contributed by atoms with Crippen molar-refractivity contribution in [2.75, 3.05) is 5.43 Å². The predicted molar refractivity (Wildman–Crippen MR) is 53.6 cm³/mol. The number of alkyl halides is 1. The Morgan fingerprint density at radius 3 is 2.62 bits per heavy atom. The molecule has 70 valence electrons. The fourth-order valence-electron chi connectivity index (χ4n) is 1.05. The van der Waals surface area contributed by atoms with Crippen molar-refractivity contribution in [3.63, 3.8) is 0 Å². The molecule has 5 N–H and O–H groups in total. The number of benzene rings is 1. The summed E-state index contributed by atoms with van der Waals surface area (Å²) in [5.41, 5.74) is 4.06. The Labute approximate surface area is 81.4 Å². The predicted octanol–water partition coefficient (Wildman–Crippen LogP) is -0.609. The van der Waals surface area contributed by atoms with E-state index in [1.165, 1.54) is 0 Å². The molecule has 0 amide bonds. The van der Waals surface area contributed by atoms with Crippen LogP contribution in [-0.4, -0.2) is 17.2 Å². The summed E-state index contributed by atoms with van der Waals surface area (Å²) in [7, 11) is -1.53. The second-order valence-electron chi connectivity index (χ2n) is 2.57. The Balaban J connectivity index is 3.10. The van der Waals surface area contributed by atoms with Crippen molar-refractivity contribution in [1.82, 2.24) is 0 Å². The van der Waals surface area contributed by atoms with Crippen LogP contribution in [0.4, 0.5) is 5.69 Å². The third-order valence-electron chi connectivity index (χ3n) is 1.73. The molecule has 0 aliphatic heterocycles. The molecule has 0 bridgehead atoms. The van der Waals surface area contributed by atoms with Crippen LogP contribution < -0.4 is 16.7 Å². The lowest BCUT2D eigenvalue weighted by Crippen LogP contribution is -2.33. The molecule has 6 heteroatoms. The molecule has 0 fully saturated rings. The van der Waals surface area contributed by atoms with E-state index in [9.17, 15) is 0 Å². The zero-order valence-electron chi connectivity index (χ0n) is 6.87. The van der Waals surface area contributed by atoms with Crippen LogP contribution in [-0.2, 0) is 5.88 Å². The summed E-state index contributed by atoms with van der Waals surface area (Å²) in [6.07, 6.45) is 0. The topological polar surface area (TPSA) is 78.5 Å². The van der Waals surface area contributed by atoms with E-state index in [1.54, 1.807) is 18.2 Å². The normalized spacial score (nSPS) is 9.85. The molecule has 0 aromatic heterocycles. The van der Waals surface area contributed by atoms with Crippen molar-refractivity contribution >= 4 is 29.9 Å². The Kier molecular flexibility index (Phi) is 3.56. The van der Waals surface area contributed by atoms with Gasteiger partial charge in [-0.25, -0.2) is 0 Å². The number of hydrogen-bond acceptors (Lipinski definition) is 4. The largest absolute Gasteiger partial charge is 0.488 e. The molecule has 0 radical (unpaired) electrons. The van der Waals surface area contributed by atoms with Gasteiger partial charge in [0, 0.05) is 11.6 Å². The van der Waals surface area contributed by atoms with Gasteiger partial charge in [-0.1, -0.05) is 6.07 Å². The monoisotopic (exact) mass is 200 g/mol. The first-order valence-electron chi connectivity index (χ1n) is 3.70. The molecule has 0 spiro atoms. The molecule has 4 nitrogen and oxygen atoms in total. The van der Waals surface area contributed by atoms with E-state index in [1.807, 2.05) is 0 Å². The van der Waals surface area contributed by atoms with Crippen LogP contribution >= 0.6 is 11.6 Å². The molecule has 0 aliphatic carbocycles. The van der Waals surface area contributed by atoms with Crippen molar-refractivity contribution < 1.29 is 10.0 Å². The van der Waals surface area contributed by atoms with Gasteiger partial charge in [-0.05, 0) is 23.2 Å². The molecule has 13 heavy (non-hydrogen) atoms. The van der Waals surface area contributed by atoms with Gasteiger partial charge in [0.25, 0.3) is 0 Å². The number of nitrogens with one attached hydrogen (secondary N) is 1. The van der Waals surface area contributed by atoms with Crippen molar-refractivity contribution in [2.45, 2.75) is 5.88 Å². The van der Waals surface area contributed by atoms with Gasteiger partial charge < -0.3 is 15.5 Å². The molecular formula is C7H10BClN2O2. The smallest absolute Gasteiger partial charge is 0.423 e. The average molecular weight is 200 g/mol. The van der Waals surface area contributed by atoms with Crippen LogP contribution in [0.5, 0.6) is 0 Å². The lowest BCUT2D eigenvalue weighted by atomic mass is 9.77. The van der Waals surface area contributed by atoms with E-state index < -0.39 is 7.12 Å². The first-order chi connectivity index (χ1) is 6.19. The lowest BCUT2D eigenvalue weighted by Gasteiger charge is -2.08. The van der Waals surface area contributed by atoms with Crippen molar-refractivity contribution in [3.05, 3.63) is 23.8 Å². The quantitative estimate of drug-likeness (QED) is 0.227. The Morgan fingerprint density at radius 1 is 1.46 bits per heavy atom. The molecular weight excluding hydrogens is 190 g/mol. The van der Waals surface area contributed by atoms with Crippen molar-refractivity contribution in [3.8, 4) is 0 Å². The minimum absolute atomic E-state index is 0.234. The fraction of sp³-hybridized carbons (Fsp3) is 0.143. The number of nitrogens with two attached hydrogens (primary N) is 1. The molecule has 0 atom stereocenters. The summed E-state index contributed by atoms with van der Waals surface area (Å²) >= 11 is 5.60. The van der Waals surface area contributed by atoms with Crippen LogP contribution in [0.15, 0.2) is 18.2 Å². The molecule has 0 unspecified atom stereocenters. The summed E-state index contributed by atoms with van der Waals surface area (Å²) in [4.78, 5) is 0. The number of nitrogen functional groups attached to an aromatic ring is 1. The number of hydrazine groups is 1. The summed E-state index contributed by atoms with van der Waals surface area (Å²) in [6.45, 7) is 0. The van der Waals surface area contributed by atoms with Crippen LogP contribution in [0.25, 0.3) is 0 Å². The molecule has 0 saturated carbocycles. The van der Waals surface area contributed by atoms with Crippen molar-refractivity contribution in [1.29, 1.82) is 0 Å². The molecule has 0 saturated heterocycles. The maximum absolute atomic E-state index is 8.98. The molecule has 0 heterocycles. The third kappa shape index (κ3) is 2.35. The highest BCUT2D eigenvalue weighted by Gasteiger charge is 2.15. The summed E-state index contributed by atoms with van der Waals surface area (Å²) in [6, 6.07) is 4.95. The number of halogens is 1. The van der Waals surface area contributed by atoms with Gasteiger partial charge >= 0.3 is 7.12 Å². The fourth-order valence-corrected chi connectivity index (χ4v) is 1.29. The molecule has 1 aromatic rings. The van der Waals surface area contributed by atoms with Gasteiger partial charge in [0.1, 0.15) is 0 Å². The van der Waals surface area contributed by atoms with Crippen LogP contribution in [0, 0.1) is 0 Å². The molecule has 1 rings (SSSR count). The van der Waals surface area contributed by atoms with Crippen LogP contribution in [0.3, 0.4) is 0 Å². The van der Waals surface area contributed by atoms with E-state index in [0.29, 0.717) is 16.7 Å². The maximum Gasteiger partial charge on any atom is 0.488 e. The molecule has 0 aliphatic rings. The van der Waals surface area contributed by atoms with E-state index in [-0.39, 0.29) is 5.88 Å². The summed E-state index contributed by atoms with van der Waals surface area (Å²) in [5, 5.41) is 18.0. The maximum atomic E-state index is 8.98. The number of anilines is 1. The van der Waals surface area contributed by atoms with Gasteiger partial charge in [-0.3, -0.25) is 5.84 Å². The van der Waals surface area contributed by atoms with Gasteiger partial charge in [0.05, 0.1) is 0 Å². The zero-order chi connectivity index (χ0) is 9.84. The second kappa shape index (κ2) is 4.48. The minimum Gasteiger partial charge on any atom is -0.423 e. The third-order valence-corrected chi connectivity index (χ3v) is 2.02. The second-order valence-corrected chi connectivity index (χ2v) is 2.83. The number of hydrogen-bond donors (Lipinski definition) is 4. The average Bonchev–Trinajstić information content (AvgIpc) is 2.16. The van der Waals surface area contributed by atoms with E-state index >= 15 is 0 Å². The van der Waals surface area contributed by atoms with Gasteiger partial charge in [-0.15, -0.1) is 11.6 Å². The first-order valence-corrected chi connectivity index (χ1v) is 4.24. The van der Waals surface area contributed by atoms with Gasteiger partial charge in [0.15, 0.2) is 0 Å². The number of rotatable bonds is 3. The Hall–Kier alpha value is -0.745. The lowest BCUT2D eigenvalue weighted by molar-refractivity contribution is 0.425. The van der Waals surface area contributed by atoms with E-state index in [0.717, 1.165) is 0 Å². The van der Waals surface area contributed by atoms with Gasteiger partial charge in [0.2, 0.25) is 0 Å².